The van der Waals surface area contributed by atoms with Gasteiger partial charge in [0.1, 0.15) is 12.2 Å². The minimum absolute atomic E-state index is 0.0705. The molecule has 3 nitrogen and oxygen atoms in total. The average Bonchev–Trinajstić information content (AvgIpc) is 2.25. The molecule has 17 heavy (non-hydrogen) atoms. The Kier molecular flexibility index (Phi) is 4.13. The molecule has 0 bridgehead atoms. The van der Waals surface area contributed by atoms with E-state index < -0.39 is 30.6 Å². The van der Waals surface area contributed by atoms with E-state index >= 15 is 0 Å². The molecule has 0 saturated carbocycles. The molecule has 0 saturated heterocycles. The second kappa shape index (κ2) is 5.03. The van der Waals surface area contributed by atoms with Gasteiger partial charge in [0.15, 0.2) is 0 Å². The third-order valence-electron chi connectivity index (χ3n) is 2.32. The monoisotopic (exact) mass is 250 g/mol. The van der Waals surface area contributed by atoms with Crippen LogP contribution in [0.3, 0.4) is 0 Å². The highest BCUT2D eigenvalue weighted by atomic mass is 19.4. The molecule has 96 valence electrons. The lowest BCUT2D eigenvalue weighted by Gasteiger charge is -2.18. The van der Waals surface area contributed by atoms with Crippen LogP contribution in [0.4, 0.5) is 13.2 Å². The quantitative estimate of drug-likeness (QED) is 0.760. The van der Waals surface area contributed by atoms with Crippen LogP contribution in [-0.2, 0) is 6.18 Å². The molecule has 2 atom stereocenters. The summed E-state index contributed by atoms with van der Waals surface area (Å²) in [7, 11) is 0. The zero-order valence-corrected chi connectivity index (χ0v) is 9.07. The Morgan fingerprint density at radius 3 is 2.24 bits per heavy atom. The van der Waals surface area contributed by atoms with Crippen molar-refractivity contribution in [1.82, 2.24) is 0 Å². The maximum atomic E-state index is 12.5. The molecule has 0 heterocycles. The number of aliphatic hydroxyl groups excluding tert-OH is 3. The molecule has 0 fully saturated rings. The number of rotatable bonds is 3. The van der Waals surface area contributed by atoms with Gasteiger partial charge in [-0.05, 0) is 24.6 Å². The van der Waals surface area contributed by atoms with E-state index in [1.54, 1.807) is 0 Å². The van der Waals surface area contributed by atoms with Gasteiger partial charge in [-0.1, -0.05) is 11.6 Å². The van der Waals surface area contributed by atoms with Crippen molar-refractivity contribution in [3.63, 3.8) is 0 Å². The van der Waals surface area contributed by atoms with Crippen molar-refractivity contribution in [2.24, 2.45) is 0 Å². The van der Waals surface area contributed by atoms with Crippen LogP contribution in [-0.4, -0.2) is 28.0 Å². The summed E-state index contributed by atoms with van der Waals surface area (Å²) >= 11 is 0. The fourth-order valence-electron chi connectivity index (χ4n) is 1.47. The predicted octanol–water partition coefficient (Wildman–Crippen LogP) is 1.40. The van der Waals surface area contributed by atoms with Gasteiger partial charge < -0.3 is 15.3 Å². The zero-order valence-electron chi connectivity index (χ0n) is 9.07. The van der Waals surface area contributed by atoms with Crippen LogP contribution >= 0.6 is 0 Å². The number of halogens is 3. The molecule has 0 aliphatic heterocycles. The summed E-state index contributed by atoms with van der Waals surface area (Å²) in [5, 5.41) is 27.3. The number of aliphatic hydroxyl groups is 3. The summed E-state index contributed by atoms with van der Waals surface area (Å²) in [5.41, 5.74) is -0.644. The Morgan fingerprint density at radius 2 is 1.76 bits per heavy atom. The van der Waals surface area contributed by atoms with E-state index in [0.29, 0.717) is 5.56 Å². The average molecular weight is 250 g/mol. The predicted molar refractivity (Wildman–Crippen MR) is 54.2 cm³/mol. The maximum absolute atomic E-state index is 12.5. The Labute approximate surface area is 96.1 Å². The van der Waals surface area contributed by atoms with Gasteiger partial charge in [-0.25, -0.2) is 0 Å². The maximum Gasteiger partial charge on any atom is 0.416 e. The van der Waals surface area contributed by atoms with Crippen molar-refractivity contribution < 1.29 is 28.5 Å². The topological polar surface area (TPSA) is 60.7 Å². The minimum Gasteiger partial charge on any atom is -0.394 e. The molecule has 1 rings (SSSR count). The molecule has 0 aliphatic carbocycles. The molecule has 0 aromatic heterocycles. The molecule has 1 aromatic carbocycles. The molecule has 3 N–H and O–H groups in total. The van der Waals surface area contributed by atoms with Crippen molar-refractivity contribution in [1.29, 1.82) is 0 Å². The van der Waals surface area contributed by atoms with Crippen LogP contribution < -0.4 is 0 Å². The summed E-state index contributed by atoms with van der Waals surface area (Å²) < 4.78 is 37.5. The lowest BCUT2D eigenvalue weighted by molar-refractivity contribution is -0.137. The Bertz CT molecular complexity index is 390. The third-order valence-corrected chi connectivity index (χ3v) is 2.32. The molecular weight excluding hydrogens is 237 g/mol. The van der Waals surface area contributed by atoms with Crippen molar-refractivity contribution in [2.75, 3.05) is 6.61 Å². The number of benzene rings is 1. The zero-order chi connectivity index (χ0) is 13.2. The van der Waals surface area contributed by atoms with E-state index in [9.17, 15) is 23.4 Å². The Balaban J connectivity index is 3.14. The van der Waals surface area contributed by atoms with E-state index in [1.165, 1.54) is 13.0 Å². The first-order chi connectivity index (χ1) is 7.75. The molecule has 6 heteroatoms. The first-order valence-electron chi connectivity index (χ1n) is 4.91. The van der Waals surface area contributed by atoms with Gasteiger partial charge in [-0.2, -0.15) is 13.2 Å². The molecule has 0 aliphatic rings. The molecule has 2 unspecified atom stereocenters. The SMILES string of the molecule is Cc1cc(C(O)C(O)CO)cc(C(F)(F)F)c1. The van der Waals surface area contributed by atoms with Crippen molar-refractivity contribution in [3.05, 3.63) is 34.9 Å². The van der Waals surface area contributed by atoms with Crippen LogP contribution in [0.5, 0.6) is 0 Å². The smallest absolute Gasteiger partial charge is 0.394 e. The van der Waals surface area contributed by atoms with E-state index in [-0.39, 0.29) is 5.56 Å². The minimum atomic E-state index is -4.51. The second-order valence-electron chi connectivity index (χ2n) is 3.82. The van der Waals surface area contributed by atoms with Crippen molar-refractivity contribution in [2.45, 2.75) is 25.3 Å². The van der Waals surface area contributed by atoms with E-state index in [0.717, 1.165) is 12.1 Å². The molecular formula is C11H13F3O3. The van der Waals surface area contributed by atoms with Crippen LogP contribution in [0, 0.1) is 6.92 Å². The second-order valence-corrected chi connectivity index (χ2v) is 3.82. The first kappa shape index (κ1) is 14.0. The van der Waals surface area contributed by atoms with Crippen LogP contribution in [0.1, 0.15) is 22.8 Å². The Hall–Kier alpha value is -1.11. The fourth-order valence-corrected chi connectivity index (χ4v) is 1.47. The molecule has 0 radical (unpaired) electrons. The number of hydrogen-bond acceptors (Lipinski definition) is 3. The fraction of sp³-hybridized carbons (Fsp3) is 0.455. The number of aryl methyl sites for hydroxylation is 1. The van der Waals surface area contributed by atoms with Gasteiger partial charge in [0, 0.05) is 0 Å². The number of hydrogen-bond donors (Lipinski definition) is 3. The first-order valence-corrected chi connectivity index (χ1v) is 4.91. The van der Waals surface area contributed by atoms with Gasteiger partial charge in [0.2, 0.25) is 0 Å². The van der Waals surface area contributed by atoms with Gasteiger partial charge in [-0.15, -0.1) is 0 Å². The van der Waals surface area contributed by atoms with Crippen LogP contribution in [0.2, 0.25) is 0 Å². The van der Waals surface area contributed by atoms with E-state index in [4.69, 9.17) is 5.11 Å². The van der Waals surface area contributed by atoms with Gasteiger partial charge >= 0.3 is 6.18 Å². The van der Waals surface area contributed by atoms with Crippen LogP contribution in [0.25, 0.3) is 0 Å². The molecule has 0 spiro atoms. The van der Waals surface area contributed by atoms with E-state index in [2.05, 4.69) is 0 Å². The highest BCUT2D eigenvalue weighted by Crippen LogP contribution is 2.32. The number of alkyl halides is 3. The highest BCUT2D eigenvalue weighted by Gasteiger charge is 2.32. The normalized spacial score (nSPS) is 15.7. The molecule has 0 amide bonds. The van der Waals surface area contributed by atoms with Crippen LogP contribution in [0.15, 0.2) is 18.2 Å². The standard InChI is InChI=1S/C11H13F3O3/c1-6-2-7(10(17)9(16)5-15)4-8(3-6)11(12,13)14/h2-4,9-10,15-17H,5H2,1H3. The lowest BCUT2D eigenvalue weighted by Crippen LogP contribution is -2.22. The summed E-state index contributed by atoms with van der Waals surface area (Å²) in [4.78, 5) is 0. The van der Waals surface area contributed by atoms with Gasteiger partial charge in [-0.3, -0.25) is 0 Å². The van der Waals surface area contributed by atoms with Gasteiger partial charge in [0.05, 0.1) is 12.2 Å². The van der Waals surface area contributed by atoms with E-state index in [1.807, 2.05) is 0 Å². The summed E-state index contributed by atoms with van der Waals surface area (Å²) in [6, 6.07) is 3.04. The highest BCUT2D eigenvalue weighted by molar-refractivity contribution is 5.32. The largest absolute Gasteiger partial charge is 0.416 e. The lowest BCUT2D eigenvalue weighted by atomic mass is 9.99. The summed E-state index contributed by atoms with van der Waals surface area (Å²) in [6.45, 7) is 0.729. The Morgan fingerprint density at radius 1 is 1.18 bits per heavy atom. The van der Waals surface area contributed by atoms with Crippen molar-refractivity contribution >= 4 is 0 Å². The molecule has 1 aromatic rings. The van der Waals surface area contributed by atoms with Crippen molar-refractivity contribution in [3.8, 4) is 0 Å². The summed E-state index contributed by atoms with van der Waals surface area (Å²) in [5.74, 6) is 0. The van der Waals surface area contributed by atoms with Gasteiger partial charge in [0.25, 0.3) is 0 Å². The third kappa shape index (κ3) is 3.42. The summed E-state index contributed by atoms with van der Waals surface area (Å²) in [6.07, 6.45) is -7.55.